The highest BCUT2D eigenvalue weighted by Gasteiger charge is 2.23. The smallest absolute Gasteiger partial charge is 0.309 e. The van der Waals surface area contributed by atoms with E-state index < -0.39 is 6.10 Å². The van der Waals surface area contributed by atoms with Gasteiger partial charge in [-0.1, -0.05) is 53.4 Å². The molecular weight excluding hydrogens is 358 g/mol. The van der Waals surface area contributed by atoms with Crippen molar-refractivity contribution in [3.8, 4) is 0 Å². The third kappa shape index (κ3) is 11.3. The second-order valence-electron chi connectivity index (χ2n) is 7.39. The molecule has 0 heterocycles. The van der Waals surface area contributed by atoms with Crippen molar-refractivity contribution in [2.24, 2.45) is 11.8 Å². The zero-order valence-corrected chi connectivity index (χ0v) is 18.6. The number of esters is 2. The number of carbonyl (C=O) groups is 3. The lowest BCUT2D eigenvalue weighted by atomic mass is 10.00. The van der Waals surface area contributed by atoms with Crippen LogP contribution >= 0.6 is 0 Å². The van der Waals surface area contributed by atoms with Gasteiger partial charge in [0.1, 0.15) is 0 Å². The van der Waals surface area contributed by atoms with Crippen molar-refractivity contribution in [2.75, 3.05) is 13.2 Å². The van der Waals surface area contributed by atoms with Crippen LogP contribution in [-0.2, 0) is 23.9 Å². The van der Waals surface area contributed by atoms with Gasteiger partial charge in [0.15, 0.2) is 6.10 Å². The molecule has 0 spiro atoms. The van der Waals surface area contributed by atoms with Crippen LogP contribution in [0, 0.1) is 11.8 Å². The molecule has 0 aromatic rings. The Hall–Kier alpha value is -1.59. The lowest BCUT2D eigenvalue weighted by Crippen LogP contribution is -2.37. The summed E-state index contributed by atoms with van der Waals surface area (Å²) in [5.41, 5.74) is 0. The van der Waals surface area contributed by atoms with Crippen LogP contribution in [0.4, 0.5) is 0 Å². The lowest BCUT2D eigenvalue weighted by Gasteiger charge is -2.18. The molecule has 0 aromatic carbocycles. The fraction of sp³-hybridized carbons (Fsp3) is 0.864. The number of nitrogens with one attached hydrogen (secondary N) is 1. The average Bonchev–Trinajstić information content (AvgIpc) is 2.68. The molecular formula is C22H41NO5. The van der Waals surface area contributed by atoms with Gasteiger partial charge in [-0.15, -0.1) is 0 Å². The van der Waals surface area contributed by atoms with E-state index in [0.717, 1.165) is 51.4 Å². The number of hydrogen-bond acceptors (Lipinski definition) is 5. The van der Waals surface area contributed by atoms with Crippen molar-refractivity contribution in [1.29, 1.82) is 0 Å². The standard InChI is InChI=1S/C22H41NO5/c1-6-10-13-18(8-3)21(25)27-16-12-15-23-20(24)17(5)28-22(26)19(9-4)14-11-7-2/h17-19H,6-16H2,1-5H3,(H,23,24)/t17-,18+,19+/m1/s1. The molecule has 0 radical (unpaired) electrons. The average molecular weight is 400 g/mol. The van der Waals surface area contributed by atoms with E-state index in [1.807, 2.05) is 13.8 Å². The van der Waals surface area contributed by atoms with Crippen molar-refractivity contribution in [1.82, 2.24) is 5.32 Å². The van der Waals surface area contributed by atoms with Gasteiger partial charge in [0.25, 0.3) is 5.91 Å². The fourth-order valence-corrected chi connectivity index (χ4v) is 2.92. The fourth-order valence-electron chi connectivity index (χ4n) is 2.92. The van der Waals surface area contributed by atoms with Crippen molar-refractivity contribution in [2.45, 2.75) is 98.5 Å². The van der Waals surface area contributed by atoms with Crippen LogP contribution < -0.4 is 5.32 Å². The molecule has 6 heteroatoms. The summed E-state index contributed by atoms with van der Waals surface area (Å²) in [6, 6.07) is 0. The van der Waals surface area contributed by atoms with Gasteiger partial charge < -0.3 is 14.8 Å². The molecule has 3 atom stereocenters. The van der Waals surface area contributed by atoms with Crippen molar-refractivity contribution < 1.29 is 23.9 Å². The summed E-state index contributed by atoms with van der Waals surface area (Å²) in [5, 5.41) is 2.73. The van der Waals surface area contributed by atoms with Crippen LogP contribution in [0.3, 0.4) is 0 Å². The summed E-state index contributed by atoms with van der Waals surface area (Å²) < 4.78 is 10.6. The minimum atomic E-state index is -0.816. The molecule has 1 amide bonds. The maximum Gasteiger partial charge on any atom is 0.309 e. The van der Waals surface area contributed by atoms with E-state index >= 15 is 0 Å². The summed E-state index contributed by atoms with van der Waals surface area (Å²) in [5.74, 6) is -0.950. The second kappa shape index (κ2) is 16.4. The predicted molar refractivity (Wildman–Crippen MR) is 111 cm³/mol. The maximum atomic E-state index is 12.2. The van der Waals surface area contributed by atoms with Crippen LogP contribution in [0.2, 0.25) is 0 Å². The Morgan fingerprint density at radius 1 is 0.821 bits per heavy atom. The van der Waals surface area contributed by atoms with Gasteiger partial charge >= 0.3 is 11.9 Å². The van der Waals surface area contributed by atoms with E-state index in [-0.39, 0.29) is 36.3 Å². The van der Waals surface area contributed by atoms with Crippen LogP contribution in [0.1, 0.15) is 92.4 Å². The Balaban J connectivity index is 4.07. The molecule has 0 unspecified atom stereocenters. The first-order valence-electron chi connectivity index (χ1n) is 11.1. The highest BCUT2D eigenvalue weighted by Crippen LogP contribution is 2.16. The van der Waals surface area contributed by atoms with Crippen LogP contribution in [-0.4, -0.2) is 37.1 Å². The first-order chi connectivity index (χ1) is 13.4. The zero-order chi connectivity index (χ0) is 21.4. The number of amides is 1. The van der Waals surface area contributed by atoms with E-state index in [0.29, 0.717) is 13.0 Å². The zero-order valence-electron chi connectivity index (χ0n) is 18.6. The lowest BCUT2D eigenvalue weighted by molar-refractivity contribution is -0.159. The van der Waals surface area contributed by atoms with Gasteiger partial charge in [-0.3, -0.25) is 14.4 Å². The van der Waals surface area contributed by atoms with Crippen molar-refractivity contribution in [3.63, 3.8) is 0 Å². The third-order valence-corrected chi connectivity index (χ3v) is 4.99. The highest BCUT2D eigenvalue weighted by atomic mass is 16.5. The molecule has 0 saturated carbocycles. The molecule has 0 bridgehead atoms. The van der Waals surface area contributed by atoms with Crippen molar-refractivity contribution in [3.05, 3.63) is 0 Å². The number of hydrogen-bond donors (Lipinski definition) is 1. The van der Waals surface area contributed by atoms with E-state index in [9.17, 15) is 14.4 Å². The Labute approximate surface area is 171 Å². The molecule has 0 aliphatic rings. The molecule has 0 aliphatic heterocycles. The largest absolute Gasteiger partial charge is 0.465 e. The molecule has 0 aromatic heterocycles. The summed E-state index contributed by atoms with van der Waals surface area (Å²) in [4.78, 5) is 36.2. The number of carbonyl (C=O) groups excluding carboxylic acids is 3. The van der Waals surface area contributed by atoms with Gasteiger partial charge in [-0.05, 0) is 39.0 Å². The van der Waals surface area contributed by atoms with Gasteiger partial charge in [-0.2, -0.15) is 0 Å². The van der Waals surface area contributed by atoms with Crippen molar-refractivity contribution >= 4 is 17.8 Å². The minimum absolute atomic E-state index is 0.0341. The van der Waals surface area contributed by atoms with E-state index in [4.69, 9.17) is 9.47 Å². The molecule has 0 fully saturated rings. The molecule has 28 heavy (non-hydrogen) atoms. The highest BCUT2D eigenvalue weighted by molar-refractivity contribution is 5.83. The minimum Gasteiger partial charge on any atom is -0.465 e. The van der Waals surface area contributed by atoms with Gasteiger partial charge in [0.2, 0.25) is 0 Å². The summed E-state index contributed by atoms with van der Waals surface area (Å²) >= 11 is 0. The molecule has 0 aliphatic carbocycles. The Kier molecular flexibility index (Phi) is 15.4. The van der Waals surface area contributed by atoms with Crippen LogP contribution in [0.25, 0.3) is 0 Å². The Bertz CT molecular complexity index is 452. The summed E-state index contributed by atoms with van der Waals surface area (Å²) in [7, 11) is 0. The quantitative estimate of drug-likeness (QED) is 0.307. The van der Waals surface area contributed by atoms with Gasteiger partial charge in [-0.25, -0.2) is 0 Å². The monoisotopic (exact) mass is 399 g/mol. The third-order valence-electron chi connectivity index (χ3n) is 4.99. The van der Waals surface area contributed by atoms with E-state index in [1.54, 1.807) is 6.92 Å². The molecule has 0 rings (SSSR count). The van der Waals surface area contributed by atoms with Crippen LogP contribution in [0.15, 0.2) is 0 Å². The first-order valence-corrected chi connectivity index (χ1v) is 11.1. The normalized spacial score (nSPS) is 14.0. The van der Waals surface area contributed by atoms with Gasteiger partial charge in [0.05, 0.1) is 18.4 Å². The molecule has 6 nitrogen and oxygen atoms in total. The number of ether oxygens (including phenoxy) is 2. The first kappa shape index (κ1) is 26.4. The molecule has 164 valence electrons. The second-order valence-corrected chi connectivity index (χ2v) is 7.39. The molecule has 1 N–H and O–H groups in total. The Morgan fingerprint density at radius 2 is 1.36 bits per heavy atom. The summed E-state index contributed by atoms with van der Waals surface area (Å²) in [6.45, 7) is 10.4. The summed E-state index contributed by atoms with van der Waals surface area (Å²) in [6.07, 6.45) is 6.98. The molecule has 0 saturated heterocycles. The number of unbranched alkanes of at least 4 members (excludes halogenated alkanes) is 2. The Morgan fingerprint density at radius 3 is 1.86 bits per heavy atom. The topological polar surface area (TPSA) is 81.7 Å². The van der Waals surface area contributed by atoms with E-state index in [1.165, 1.54) is 0 Å². The predicted octanol–water partition coefficient (Wildman–Crippen LogP) is 4.40. The van der Waals surface area contributed by atoms with Gasteiger partial charge in [0, 0.05) is 6.54 Å². The maximum absolute atomic E-state index is 12.2. The van der Waals surface area contributed by atoms with E-state index in [2.05, 4.69) is 19.2 Å². The SMILES string of the molecule is CCCC[C@H](CC)C(=O)OCCCNC(=O)[C@@H](C)OC(=O)[C@@H](CC)CCCC. The number of rotatable bonds is 16. The van der Waals surface area contributed by atoms with Crippen LogP contribution in [0.5, 0.6) is 0 Å².